The lowest BCUT2D eigenvalue weighted by atomic mass is 9.85. The van der Waals surface area contributed by atoms with Crippen LogP contribution < -0.4 is 0 Å². The van der Waals surface area contributed by atoms with Crippen molar-refractivity contribution in [1.82, 2.24) is 4.90 Å². The van der Waals surface area contributed by atoms with E-state index in [9.17, 15) is 0 Å². The molecule has 1 saturated heterocycles. The van der Waals surface area contributed by atoms with Gasteiger partial charge < -0.3 is 4.74 Å². The summed E-state index contributed by atoms with van der Waals surface area (Å²) in [5.41, 5.74) is 3.06. The fourth-order valence-corrected chi connectivity index (χ4v) is 3.88. The number of aryl methyl sites for hydroxylation is 1. The molecule has 2 unspecified atom stereocenters. The molecule has 1 aromatic rings. The molecule has 1 aromatic carbocycles. The first-order valence-electron chi connectivity index (χ1n) is 8.83. The van der Waals surface area contributed by atoms with Gasteiger partial charge >= 0.3 is 0 Å². The topological polar surface area (TPSA) is 12.5 Å². The van der Waals surface area contributed by atoms with Gasteiger partial charge in [0.05, 0.1) is 12.1 Å². The number of hydrogen-bond acceptors (Lipinski definition) is 2. The van der Waals surface area contributed by atoms with Gasteiger partial charge in [-0.25, -0.2) is 0 Å². The van der Waals surface area contributed by atoms with E-state index in [1.807, 2.05) is 0 Å². The van der Waals surface area contributed by atoms with Gasteiger partial charge in [0, 0.05) is 6.54 Å². The van der Waals surface area contributed by atoms with E-state index in [1.165, 1.54) is 69.0 Å². The highest BCUT2D eigenvalue weighted by Gasteiger charge is 2.39. The third kappa shape index (κ3) is 3.49. The fourth-order valence-electron chi connectivity index (χ4n) is 3.88. The van der Waals surface area contributed by atoms with Crippen molar-refractivity contribution in [2.24, 2.45) is 0 Å². The molecule has 1 fully saturated rings. The highest BCUT2D eigenvalue weighted by Crippen LogP contribution is 2.40. The average molecular weight is 287 g/mol. The van der Waals surface area contributed by atoms with Crippen LogP contribution in [0.1, 0.15) is 69.0 Å². The summed E-state index contributed by atoms with van der Waals surface area (Å²) in [4.78, 5) is 2.57. The highest BCUT2D eigenvalue weighted by atomic mass is 16.5. The van der Waals surface area contributed by atoms with Crippen molar-refractivity contribution in [2.75, 3.05) is 13.3 Å². The molecule has 0 amide bonds. The van der Waals surface area contributed by atoms with Crippen LogP contribution in [0.3, 0.4) is 0 Å². The zero-order valence-corrected chi connectivity index (χ0v) is 13.4. The van der Waals surface area contributed by atoms with E-state index in [2.05, 4.69) is 36.1 Å². The van der Waals surface area contributed by atoms with Gasteiger partial charge in [0.1, 0.15) is 6.73 Å². The molecule has 2 aliphatic rings. The minimum Gasteiger partial charge on any atom is -0.361 e. The molecule has 1 aliphatic heterocycles. The Bertz CT molecular complexity index is 445. The smallest absolute Gasteiger partial charge is 0.100 e. The van der Waals surface area contributed by atoms with Gasteiger partial charge in [-0.05, 0) is 30.4 Å². The number of nitrogens with zero attached hydrogens (tertiary/aromatic N) is 1. The summed E-state index contributed by atoms with van der Waals surface area (Å²) >= 11 is 0. The zero-order chi connectivity index (χ0) is 14.5. The number of rotatable bonds is 7. The van der Waals surface area contributed by atoms with Gasteiger partial charge in [0.15, 0.2) is 0 Å². The van der Waals surface area contributed by atoms with Gasteiger partial charge in [-0.3, -0.25) is 4.90 Å². The third-order valence-corrected chi connectivity index (χ3v) is 5.07. The highest BCUT2D eigenvalue weighted by molar-refractivity contribution is 5.34. The molecular formula is C19H29NO. The molecule has 116 valence electrons. The molecule has 0 radical (unpaired) electrons. The Kier molecular flexibility index (Phi) is 5.32. The molecule has 0 spiro atoms. The molecule has 2 atom stereocenters. The minimum absolute atomic E-state index is 0.431. The summed E-state index contributed by atoms with van der Waals surface area (Å²) in [6, 6.07) is 9.49. The van der Waals surface area contributed by atoms with Gasteiger partial charge in [-0.2, -0.15) is 0 Å². The second kappa shape index (κ2) is 7.42. The Morgan fingerprint density at radius 1 is 1.10 bits per heavy atom. The molecule has 2 nitrogen and oxygen atoms in total. The molecule has 1 aliphatic carbocycles. The largest absolute Gasteiger partial charge is 0.361 e. The molecule has 21 heavy (non-hydrogen) atoms. The van der Waals surface area contributed by atoms with Crippen molar-refractivity contribution >= 4 is 0 Å². The van der Waals surface area contributed by atoms with Crippen LogP contribution in [0.15, 0.2) is 24.3 Å². The maximum Gasteiger partial charge on any atom is 0.100 e. The molecule has 3 rings (SSSR count). The van der Waals surface area contributed by atoms with E-state index in [4.69, 9.17) is 4.74 Å². The summed E-state index contributed by atoms with van der Waals surface area (Å²) in [6.45, 7) is 4.31. The summed E-state index contributed by atoms with van der Waals surface area (Å²) in [5.74, 6) is 0. The Morgan fingerprint density at radius 2 is 1.90 bits per heavy atom. The van der Waals surface area contributed by atoms with E-state index >= 15 is 0 Å². The maximum absolute atomic E-state index is 6.05. The van der Waals surface area contributed by atoms with E-state index in [0.717, 1.165) is 6.73 Å². The van der Waals surface area contributed by atoms with Crippen molar-refractivity contribution in [3.63, 3.8) is 0 Å². The second-order valence-electron chi connectivity index (χ2n) is 6.60. The first-order valence-corrected chi connectivity index (χ1v) is 8.83. The van der Waals surface area contributed by atoms with Crippen LogP contribution in [0.4, 0.5) is 0 Å². The van der Waals surface area contributed by atoms with Crippen molar-refractivity contribution in [3.05, 3.63) is 35.4 Å². The summed E-state index contributed by atoms with van der Waals surface area (Å²) in [6.07, 6.45) is 11.0. The zero-order valence-electron chi connectivity index (χ0n) is 13.4. The number of fused-ring (bicyclic) bond motifs is 3. The van der Waals surface area contributed by atoms with Gasteiger partial charge in [0.25, 0.3) is 0 Å². The molecule has 0 aromatic heterocycles. The Balaban J connectivity index is 1.54. The number of ether oxygens (including phenoxy) is 1. The van der Waals surface area contributed by atoms with Crippen molar-refractivity contribution < 1.29 is 4.74 Å². The Labute approximate surface area is 129 Å². The van der Waals surface area contributed by atoms with Crippen molar-refractivity contribution in [2.45, 2.75) is 70.4 Å². The van der Waals surface area contributed by atoms with E-state index in [-0.39, 0.29) is 0 Å². The quantitative estimate of drug-likeness (QED) is 0.674. The second-order valence-corrected chi connectivity index (χ2v) is 6.60. The van der Waals surface area contributed by atoms with Crippen LogP contribution >= 0.6 is 0 Å². The van der Waals surface area contributed by atoms with Crippen molar-refractivity contribution in [1.29, 1.82) is 0 Å². The van der Waals surface area contributed by atoms with Crippen LogP contribution in [-0.4, -0.2) is 24.3 Å². The van der Waals surface area contributed by atoms with Crippen LogP contribution in [0.5, 0.6) is 0 Å². The monoisotopic (exact) mass is 287 g/mol. The number of unbranched alkanes of at least 4 members (excludes halogenated alkanes) is 5. The first-order chi connectivity index (χ1) is 10.4. The summed E-state index contributed by atoms with van der Waals surface area (Å²) in [7, 11) is 0. The van der Waals surface area contributed by atoms with Crippen molar-refractivity contribution in [3.8, 4) is 0 Å². The van der Waals surface area contributed by atoms with Gasteiger partial charge in [-0.15, -0.1) is 0 Å². The predicted octanol–water partition coefficient (Wildman–Crippen LogP) is 4.69. The minimum atomic E-state index is 0.431. The van der Waals surface area contributed by atoms with Crippen LogP contribution in [0.2, 0.25) is 0 Å². The van der Waals surface area contributed by atoms with E-state index in [0.29, 0.717) is 12.1 Å². The first kappa shape index (κ1) is 15.1. The molecule has 0 bridgehead atoms. The maximum atomic E-state index is 6.05. The molecule has 1 heterocycles. The third-order valence-electron chi connectivity index (χ3n) is 5.07. The SMILES string of the molecule is CCCCCCCCN1COC2CCc3ccccc3C21. The average Bonchev–Trinajstić information content (AvgIpc) is 2.94. The normalized spacial score (nSPS) is 24.8. The van der Waals surface area contributed by atoms with Crippen LogP contribution in [0.25, 0.3) is 0 Å². The van der Waals surface area contributed by atoms with Crippen LogP contribution in [-0.2, 0) is 11.2 Å². The molecule has 0 N–H and O–H groups in total. The Morgan fingerprint density at radius 3 is 2.81 bits per heavy atom. The lowest BCUT2D eigenvalue weighted by molar-refractivity contribution is 0.0818. The predicted molar refractivity (Wildman–Crippen MR) is 87.3 cm³/mol. The van der Waals surface area contributed by atoms with Gasteiger partial charge in [0.2, 0.25) is 0 Å². The molecule has 2 heteroatoms. The van der Waals surface area contributed by atoms with E-state index < -0.39 is 0 Å². The fraction of sp³-hybridized carbons (Fsp3) is 0.684. The Hall–Kier alpha value is -0.860. The molecular weight excluding hydrogens is 258 g/mol. The lowest BCUT2D eigenvalue weighted by Crippen LogP contribution is -2.32. The lowest BCUT2D eigenvalue weighted by Gasteiger charge is -2.31. The summed E-state index contributed by atoms with van der Waals surface area (Å²) < 4.78 is 6.05. The standard InChI is InChI=1S/C19H29NO/c1-2-3-4-5-6-9-14-20-15-21-18-13-12-16-10-7-8-11-17(16)19(18)20/h7-8,10-11,18-19H,2-6,9,12-15H2,1H3. The molecule has 0 saturated carbocycles. The number of benzene rings is 1. The number of hydrogen-bond donors (Lipinski definition) is 0. The summed E-state index contributed by atoms with van der Waals surface area (Å²) in [5, 5.41) is 0. The van der Waals surface area contributed by atoms with E-state index in [1.54, 1.807) is 0 Å². The van der Waals surface area contributed by atoms with Gasteiger partial charge in [-0.1, -0.05) is 63.3 Å². The van der Waals surface area contributed by atoms with Crippen LogP contribution in [0, 0.1) is 0 Å².